The number of benzene rings is 2. The van der Waals surface area contributed by atoms with E-state index in [2.05, 4.69) is 65.2 Å². The van der Waals surface area contributed by atoms with Crippen molar-refractivity contribution < 1.29 is 28.7 Å². The quantitative estimate of drug-likeness (QED) is 0.205. The third-order valence-corrected chi connectivity index (χ3v) is 16.5. The lowest BCUT2D eigenvalue weighted by Crippen LogP contribution is -2.65. The van der Waals surface area contributed by atoms with Crippen LogP contribution in [0.5, 0.6) is 0 Å². The summed E-state index contributed by atoms with van der Waals surface area (Å²) in [6.45, 7) is 17.0. The van der Waals surface area contributed by atoms with E-state index in [0.29, 0.717) is 28.8 Å². The van der Waals surface area contributed by atoms with Crippen LogP contribution < -0.4 is 10.6 Å². The molecule has 302 valence electrons. The Morgan fingerprint density at radius 2 is 1.39 bits per heavy atom. The zero-order valence-corrected chi connectivity index (χ0v) is 35.0. The molecule has 0 bridgehead atoms. The minimum Gasteiger partial charge on any atom is -0.469 e. The number of ether oxygens (including phenoxy) is 2. The fourth-order valence-electron chi connectivity index (χ4n) is 13.1. The molecule has 5 aliphatic carbocycles. The number of rotatable bonds is 8. The van der Waals surface area contributed by atoms with Crippen molar-refractivity contribution in [3.05, 3.63) is 71.8 Å². The van der Waals surface area contributed by atoms with Gasteiger partial charge in [-0.1, -0.05) is 78.3 Å². The van der Waals surface area contributed by atoms with E-state index in [9.17, 15) is 19.2 Å². The molecule has 2 aromatic carbocycles. The molecule has 0 aromatic heterocycles. The van der Waals surface area contributed by atoms with Gasteiger partial charge in [-0.3, -0.25) is 19.2 Å². The summed E-state index contributed by atoms with van der Waals surface area (Å²) < 4.78 is 11.8. The van der Waals surface area contributed by atoms with Crippen LogP contribution in [0.2, 0.25) is 0 Å². The first kappa shape index (κ1) is 40.3. The molecule has 7 rings (SSSR count). The summed E-state index contributed by atoms with van der Waals surface area (Å²) in [4.78, 5) is 52.2. The van der Waals surface area contributed by atoms with Gasteiger partial charge >= 0.3 is 11.9 Å². The highest BCUT2D eigenvalue weighted by molar-refractivity contribution is 6.04. The molecule has 0 aliphatic heterocycles. The summed E-state index contributed by atoms with van der Waals surface area (Å²) in [7, 11) is 1.57. The SMILES string of the molecule is COC(=O)[C@]12CCC(C)(C)C[C@H]1C1=CC[C@@H]3[C@@]4(C)CC[C@H](OC(=O)CCC(=O)Nc5ccc(NC(=O)c6ccccc6)cc5)C(C)(C)[C@@H]4CC[C@@]3(C)[C@]1(C)CC2. The Balaban J connectivity index is 0.980. The topological polar surface area (TPSA) is 111 Å². The molecule has 8 heteroatoms. The van der Waals surface area contributed by atoms with E-state index >= 15 is 0 Å². The average molecular weight is 765 g/mol. The molecule has 0 spiro atoms. The molecule has 2 amide bonds. The Hall–Kier alpha value is -3.94. The molecule has 0 radical (unpaired) electrons. The molecule has 56 heavy (non-hydrogen) atoms. The van der Waals surface area contributed by atoms with Gasteiger partial charge < -0.3 is 20.1 Å². The zero-order valence-electron chi connectivity index (χ0n) is 35.0. The fraction of sp³-hybridized carbons (Fsp3) is 0.625. The number of esters is 2. The second kappa shape index (κ2) is 14.5. The lowest BCUT2D eigenvalue weighted by Gasteiger charge is -2.71. The number of allylic oxidation sites excluding steroid dienone is 2. The van der Waals surface area contributed by atoms with Gasteiger partial charge in [0.25, 0.3) is 5.91 Å². The summed E-state index contributed by atoms with van der Waals surface area (Å²) >= 11 is 0. The van der Waals surface area contributed by atoms with Gasteiger partial charge in [0, 0.05) is 28.8 Å². The first-order chi connectivity index (χ1) is 26.4. The first-order valence-corrected chi connectivity index (χ1v) is 21.1. The highest BCUT2D eigenvalue weighted by atomic mass is 16.5. The lowest BCUT2D eigenvalue weighted by atomic mass is 9.33. The third kappa shape index (κ3) is 6.70. The molecular weight excluding hydrogens is 701 g/mol. The Kier molecular flexibility index (Phi) is 10.4. The van der Waals surface area contributed by atoms with Crippen molar-refractivity contribution in [3.63, 3.8) is 0 Å². The number of nitrogens with one attached hydrogen (secondary N) is 2. The summed E-state index contributed by atoms with van der Waals surface area (Å²) in [5, 5.41) is 5.73. The van der Waals surface area contributed by atoms with E-state index in [4.69, 9.17) is 9.47 Å². The Morgan fingerprint density at radius 1 is 0.732 bits per heavy atom. The van der Waals surface area contributed by atoms with Crippen LogP contribution >= 0.6 is 0 Å². The van der Waals surface area contributed by atoms with Crippen LogP contribution in [0.4, 0.5) is 11.4 Å². The van der Waals surface area contributed by atoms with Crippen LogP contribution in [-0.4, -0.2) is 37.0 Å². The van der Waals surface area contributed by atoms with E-state index < -0.39 is 5.41 Å². The molecule has 8 atom stereocenters. The van der Waals surface area contributed by atoms with Gasteiger partial charge in [-0.05, 0) is 140 Å². The van der Waals surface area contributed by atoms with Gasteiger partial charge in [0.15, 0.2) is 0 Å². The number of amides is 2. The van der Waals surface area contributed by atoms with Crippen molar-refractivity contribution in [1.82, 2.24) is 0 Å². The van der Waals surface area contributed by atoms with E-state index in [1.54, 1.807) is 43.5 Å². The van der Waals surface area contributed by atoms with Gasteiger partial charge in [0.1, 0.15) is 6.10 Å². The minimum absolute atomic E-state index is 0.00316. The van der Waals surface area contributed by atoms with Crippen LogP contribution in [0.25, 0.3) is 0 Å². The Bertz CT molecular complexity index is 1880. The monoisotopic (exact) mass is 764 g/mol. The third-order valence-electron chi connectivity index (χ3n) is 16.5. The predicted octanol–water partition coefficient (Wildman–Crippen LogP) is 10.5. The number of carbonyl (C=O) groups is 4. The van der Waals surface area contributed by atoms with E-state index in [0.717, 1.165) is 64.2 Å². The van der Waals surface area contributed by atoms with E-state index in [1.165, 1.54) is 5.57 Å². The van der Waals surface area contributed by atoms with Gasteiger partial charge in [-0.2, -0.15) is 0 Å². The lowest BCUT2D eigenvalue weighted by molar-refractivity contribution is -0.214. The van der Waals surface area contributed by atoms with Crippen molar-refractivity contribution in [3.8, 4) is 0 Å². The number of hydrogen-bond acceptors (Lipinski definition) is 6. The maximum Gasteiger partial charge on any atom is 0.312 e. The second-order valence-electron chi connectivity index (χ2n) is 20.1. The van der Waals surface area contributed by atoms with E-state index in [1.807, 2.05) is 18.2 Å². The standard InChI is InChI=1S/C48H64N2O6/c1-43(2)26-28-48(42(54)55-8)29-27-46(6)34(35(48)30-43)18-19-37-45(5)24-23-38(44(3,4)36(45)22-25-47(37,46)7)56-40(52)21-20-39(51)49-32-14-16-33(17-15-32)50-41(53)31-12-10-9-11-13-31/h9-18,35-38H,19-30H2,1-8H3,(H,49,51)(H,50,53)/t35-,36-,37+,38-,45-,46+,47+,48-/m0/s1. The van der Waals surface area contributed by atoms with Crippen molar-refractivity contribution in [1.29, 1.82) is 0 Å². The molecule has 2 aromatic rings. The number of methoxy groups -OCH3 is 1. The van der Waals surface area contributed by atoms with Gasteiger partial charge in [0.05, 0.1) is 18.9 Å². The number of carbonyl (C=O) groups excluding carboxylic acids is 4. The second-order valence-corrected chi connectivity index (χ2v) is 20.1. The summed E-state index contributed by atoms with van der Waals surface area (Å²) in [5.41, 5.74) is 3.12. The van der Waals surface area contributed by atoms with Crippen molar-refractivity contribution in [2.75, 3.05) is 17.7 Å². The zero-order chi connectivity index (χ0) is 40.3. The van der Waals surface area contributed by atoms with Gasteiger partial charge in [-0.25, -0.2) is 0 Å². The first-order valence-electron chi connectivity index (χ1n) is 21.1. The summed E-state index contributed by atoms with van der Waals surface area (Å²) in [5.74, 6) is 0.333. The van der Waals surface area contributed by atoms with Gasteiger partial charge in [0.2, 0.25) is 5.91 Å². The molecule has 0 saturated heterocycles. The molecule has 2 N–H and O–H groups in total. The predicted molar refractivity (Wildman–Crippen MR) is 220 cm³/mol. The van der Waals surface area contributed by atoms with Crippen LogP contribution in [0, 0.1) is 50.2 Å². The van der Waals surface area contributed by atoms with Crippen LogP contribution in [0.1, 0.15) is 136 Å². The smallest absolute Gasteiger partial charge is 0.312 e. The Labute approximate surface area is 334 Å². The summed E-state index contributed by atoms with van der Waals surface area (Å²) in [6, 6.07) is 15.9. The van der Waals surface area contributed by atoms with Crippen LogP contribution in [0.15, 0.2) is 66.2 Å². The maximum atomic E-state index is 13.6. The largest absolute Gasteiger partial charge is 0.469 e. The molecule has 0 unspecified atom stereocenters. The van der Waals surface area contributed by atoms with Crippen molar-refractivity contribution >= 4 is 35.1 Å². The molecular formula is C48H64N2O6. The van der Waals surface area contributed by atoms with Crippen molar-refractivity contribution in [2.24, 2.45) is 50.2 Å². The molecule has 0 heterocycles. The highest BCUT2D eigenvalue weighted by Gasteiger charge is 2.69. The molecule has 5 aliphatic rings. The van der Waals surface area contributed by atoms with Gasteiger partial charge in [-0.15, -0.1) is 0 Å². The van der Waals surface area contributed by atoms with Crippen molar-refractivity contribution in [2.45, 2.75) is 132 Å². The maximum absolute atomic E-state index is 13.6. The molecule has 4 saturated carbocycles. The fourth-order valence-corrected chi connectivity index (χ4v) is 13.1. The normalized spacial score (nSPS) is 35.2. The highest BCUT2D eigenvalue weighted by Crippen LogP contribution is 2.76. The summed E-state index contributed by atoms with van der Waals surface area (Å²) in [6.07, 6.45) is 12.4. The van der Waals surface area contributed by atoms with E-state index in [-0.39, 0.29) is 75.7 Å². The number of anilines is 2. The van der Waals surface area contributed by atoms with Crippen LogP contribution in [-0.2, 0) is 23.9 Å². The number of hydrogen-bond donors (Lipinski definition) is 2. The van der Waals surface area contributed by atoms with Crippen LogP contribution in [0.3, 0.4) is 0 Å². The molecule has 4 fully saturated rings. The molecule has 8 nitrogen and oxygen atoms in total. The minimum atomic E-state index is -0.404. The Morgan fingerprint density at radius 3 is 2.07 bits per heavy atom. The average Bonchev–Trinajstić information content (AvgIpc) is 3.16. The number of fused-ring (bicyclic) bond motifs is 7.